The summed E-state index contributed by atoms with van der Waals surface area (Å²) in [5, 5.41) is 10.2. The van der Waals surface area contributed by atoms with Crippen LogP contribution >= 0.6 is 7.82 Å². The summed E-state index contributed by atoms with van der Waals surface area (Å²) in [5.41, 5.74) is 5.33. The van der Waals surface area contributed by atoms with Crippen molar-refractivity contribution in [2.75, 3.05) is 26.4 Å². The van der Waals surface area contributed by atoms with Crippen molar-refractivity contribution >= 4 is 19.8 Å². The number of ether oxygens (including phenoxy) is 2. The molecule has 0 saturated carbocycles. The summed E-state index contributed by atoms with van der Waals surface area (Å²) in [6, 6.07) is 0. The van der Waals surface area contributed by atoms with Crippen LogP contribution in [0.5, 0.6) is 0 Å². The van der Waals surface area contributed by atoms with Crippen molar-refractivity contribution in [3.8, 4) is 0 Å². The maximum Gasteiger partial charge on any atom is 0.472 e. The molecule has 0 aliphatic carbocycles. The van der Waals surface area contributed by atoms with Crippen molar-refractivity contribution in [3.63, 3.8) is 0 Å². The molecule has 0 heterocycles. The molecule has 0 spiro atoms. The molecule has 0 rings (SSSR count). The molecule has 11 heteroatoms. The van der Waals surface area contributed by atoms with E-state index >= 15 is 0 Å². The highest BCUT2D eigenvalue weighted by Crippen LogP contribution is 2.43. The maximum absolute atomic E-state index is 12.6. The second-order valence-corrected chi connectivity index (χ2v) is 15.1. The molecule has 3 atom stereocenters. The summed E-state index contributed by atoms with van der Waals surface area (Å²) in [6.45, 7) is 3.39. The van der Waals surface area contributed by atoms with E-state index in [-0.39, 0.29) is 32.6 Å². The van der Waals surface area contributed by atoms with Crippen molar-refractivity contribution < 1.29 is 42.7 Å². The van der Waals surface area contributed by atoms with Gasteiger partial charge in [0.05, 0.1) is 19.3 Å². The number of esters is 2. The zero-order valence-electron chi connectivity index (χ0n) is 33.8. The van der Waals surface area contributed by atoms with Gasteiger partial charge in [0.25, 0.3) is 0 Å². The van der Waals surface area contributed by atoms with Gasteiger partial charge >= 0.3 is 19.8 Å². The van der Waals surface area contributed by atoms with Gasteiger partial charge in [-0.2, -0.15) is 0 Å². The third-order valence-corrected chi connectivity index (χ3v) is 9.51. The quantitative estimate of drug-likeness (QED) is 0.0181. The van der Waals surface area contributed by atoms with Crippen LogP contribution in [0, 0.1) is 0 Å². The monoisotopic (exact) mass is 782 g/mol. The molecule has 0 aliphatic heterocycles. The first-order valence-corrected chi connectivity index (χ1v) is 22.4. The molecule has 0 aromatic carbocycles. The van der Waals surface area contributed by atoms with Gasteiger partial charge in [0.2, 0.25) is 0 Å². The minimum absolute atomic E-state index is 0.0259. The fraction of sp³-hybridized carbons (Fsp3) is 0.721. The molecule has 4 N–H and O–H groups in total. The topological polar surface area (TPSA) is 155 Å². The fourth-order valence-corrected chi connectivity index (χ4v) is 6.19. The Kier molecular flexibility index (Phi) is 37.2. The number of rotatable bonds is 38. The van der Waals surface area contributed by atoms with Crippen LogP contribution in [-0.2, 0) is 32.7 Å². The molecule has 54 heavy (non-hydrogen) atoms. The molecule has 0 aromatic heterocycles. The van der Waals surface area contributed by atoms with Crippen molar-refractivity contribution in [3.05, 3.63) is 60.8 Å². The second-order valence-electron chi connectivity index (χ2n) is 13.7. The fourth-order valence-electron chi connectivity index (χ4n) is 5.43. The van der Waals surface area contributed by atoms with E-state index in [4.69, 9.17) is 24.3 Å². The summed E-state index contributed by atoms with van der Waals surface area (Å²) in [5.74, 6) is -1.03. The SMILES string of the molecule is CC/C=C\C/C=C\C/C=C\C/C=C\C=C\C(O)CCCC(=O)OC[C@H](COP(=O)(O)OCCN)OC(=O)CCCCCCCCCCCCCCCCC. The zero-order chi connectivity index (χ0) is 39.8. The van der Waals surface area contributed by atoms with Crippen LogP contribution in [0.25, 0.3) is 0 Å². The Labute approximate surface area is 328 Å². The number of hydrogen-bond donors (Lipinski definition) is 3. The van der Waals surface area contributed by atoms with Crippen LogP contribution in [-0.4, -0.2) is 60.5 Å². The number of nitrogens with two attached hydrogens (primary N) is 1. The Morgan fingerprint density at radius 3 is 1.72 bits per heavy atom. The summed E-state index contributed by atoms with van der Waals surface area (Å²) >= 11 is 0. The van der Waals surface area contributed by atoms with E-state index in [1.807, 2.05) is 12.2 Å². The first-order chi connectivity index (χ1) is 26.2. The number of carbonyl (C=O) groups excluding carboxylic acids is 2. The maximum atomic E-state index is 12.6. The molecular weight excluding hydrogens is 705 g/mol. The second kappa shape index (κ2) is 38.9. The number of hydrogen-bond acceptors (Lipinski definition) is 9. The van der Waals surface area contributed by atoms with Crippen LogP contribution < -0.4 is 5.73 Å². The molecule has 312 valence electrons. The van der Waals surface area contributed by atoms with Gasteiger partial charge in [0, 0.05) is 19.4 Å². The average Bonchev–Trinajstić information content (AvgIpc) is 3.15. The third-order valence-electron chi connectivity index (χ3n) is 8.52. The smallest absolute Gasteiger partial charge is 0.462 e. The van der Waals surface area contributed by atoms with Crippen molar-refractivity contribution in [1.29, 1.82) is 0 Å². The summed E-state index contributed by atoms with van der Waals surface area (Å²) < 4.78 is 32.6. The number of aliphatic hydroxyl groups is 1. The van der Waals surface area contributed by atoms with Gasteiger partial charge in [-0.05, 0) is 44.9 Å². The first-order valence-electron chi connectivity index (χ1n) is 20.9. The van der Waals surface area contributed by atoms with Crippen molar-refractivity contribution in [1.82, 2.24) is 0 Å². The predicted octanol–water partition coefficient (Wildman–Crippen LogP) is 10.7. The molecule has 0 aliphatic rings. The molecule has 2 unspecified atom stereocenters. The van der Waals surface area contributed by atoms with Gasteiger partial charge < -0.3 is 25.2 Å². The lowest BCUT2D eigenvalue weighted by Gasteiger charge is -2.20. The van der Waals surface area contributed by atoms with Crippen LogP contribution in [0.4, 0.5) is 0 Å². The standard InChI is InChI=1S/C43H76NO9P/c1-3-5-7-9-11-13-15-17-18-20-22-24-26-28-30-34-43(47)53-41(39-52-54(48,49)51-37-36-44)38-50-42(46)35-31-33-40(45)32-29-27-25-23-21-19-16-14-12-10-8-6-4-2/h6,8,12,14,19,21,25,27,29,32,40-41,45H,3-5,7,9-11,13,15-18,20,22-24,26,28,30-31,33-39,44H2,1-2H3,(H,48,49)/b8-6-,14-12-,21-19-,27-25-,32-29+/t40?,41-/m1/s1. The van der Waals surface area contributed by atoms with Gasteiger partial charge in [-0.1, -0.05) is 164 Å². The Balaban J connectivity index is 4.37. The predicted molar refractivity (Wildman–Crippen MR) is 221 cm³/mol. The number of unbranched alkanes of at least 4 members (excludes halogenated alkanes) is 14. The highest BCUT2D eigenvalue weighted by Gasteiger charge is 2.26. The van der Waals surface area contributed by atoms with E-state index in [0.717, 1.165) is 44.9 Å². The highest BCUT2D eigenvalue weighted by molar-refractivity contribution is 7.47. The highest BCUT2D eigenvalue weighted by atomic mass is 31.2. The summed E-state index contributed by atoms with van der Waals surface area (Å²) in [6.07, 6.45) is 41.4. The Bertz CT molecular complexity index is 1090. The summed E-state index contributed by atoms with van der Waals surface area (Å²) in [4.78, 5) is 34.8. The number of allylic oxidation sites excluding steroid dienone is 9. The third kappa shape index (κ3) is 38.0. The normalized spacial score (nSPS) is 14.5. The Hall–Kier alpha value is -2.33. The lowest BCUT2D eigenvalue weighted by molar-refractivity contribution is -0.161. The first kappa shape index (κ1) is 51.7. The number of aliphatic hydroxyl groups excluding tert-OH is 1. The molecular formula is C43H76NO9P. The lowest BCUT2D eigenvalue weighted by atomic mass is 10.0. The van der Waals surface area contributed by atoms with Crippen molar-refractivity contribution in [2.24, 2.45) is 5.73 Å². The summed E-state index contributed by atoms with van der Waals surface area (Å²) in [7, 11) is -4.42. The molecule has 0 aromatic rings. The zero-order valence-corrected chi connectivity index (χ0v) is 34.7. The van der Waals surface area contributed by atoms with E-state index in [2.05, 4.69) is 50.3 Å². The van der Waals surface area contributed by atoms with Crippen LogP contribution in [0.2, 0.25) is 0 Å². The average molecular weight is 782 g/mol. The number of phosphoric acid groups is 1. The van der Waals surface area contributed by atoms with E-state index in [1.54, 1.807) is 12.2 Å². The number of phosphoric ester groups is 1. The van der Waals surface area contributed by atoms with Crippen LogP contribution in [0.1, 0.15) is 162 Å². The van der Waals surface area contributed by atoms with Crippen LogP contribution in [0.3, 0.4) is 0 Å². The molecule has 0 bridgehead atoms. The molecule has 10 nitrogen and oxygen atoms in total. The molecule has 0 fully saturated rings. The van der Waals surface area contributed by atoms with Gasteiger partial charge in [0.1, 0.15) is 6.61 Å². The Morgan fingerprint density at radius 1 is 0.648 bits per heavy atom. The van der Waals surface area contributed by atoms with Gasteiger partial charge in [-0.3, -0.25) is 18.6 Å². The minimum Gasteiger partial charge on any atom is -0.462 e. The van der Waals surface area contributed by atoms with Gasteiger partial charge in [-0.15, -0.1) is 0 Å². The van der Waals surface area contributed by atoms with Crippen LogP contribution in [0.15, 0.2) is 60.8 Å². The van der Waals surface area contributed by atoms with E-state index < -0.39 is 38.6 Å². The van der Waals surface area contributed by atoms with E-state index in [9.17, 15) is 24.2 Å². The minimum atomic E-state index is -4.42. The molecule has 0 radical (unpaired) electrons. The largest absolute Gasteiger partial charge is 0.472 e. The molecule has 0 amide bonds. The van der Waals surface area contributed by atoms with Gasteiger partial charge in [0.15, 0.2) is 6.10 Å². The molecule has 0 saturated heterocycles. The van der Waals surface area contributed by atoms with Crippen molar-refractivity contribution in [2.45, 2.75) is 174 Å². The van der Waals surface area contributed by atoms with E-state index in [1.165, 1.54) is 70.6 Å². The van der Waals surface area contributed by atoms with Gasteiger partial charge in [-0.25, -0.2) is 4.57 Å². The lowest BCUT2D eigenvalue weighted by Crippen LogP contribution is -2.29. The number of carbonyl (C=O) groups is 2. The van der Waals surface area contributed by atoms with E-state index in [0.29, 0.717) is 19.3 Å². The Morgan fingerprint density at radius 2 is 1.17 bits per heavy atom.